The van der Waals surface area contributed by atoms with Gasteiger partial charge < -0.3 is 40.5 Å². The molecule has 3 aliphatic heterocycles. The summed E-state index contributed by atoms with van der Waals surface area (Å²) >= 11 is 0. The Labute approximate surface area is 206 Å². The first-order chi connectivity index (χ1) is 16.6. The van der Waals surface area contributed by atoms with Crippen molar-refractivity contribution in [3.05, 3.63) is 12.3 Å². The molecule has 3 heterocycles. The minimum absolute atomic E-state index is 0.356. The lowest BCUT2D eigenvalue weighted by Crippen LogP contribution is -2.75. The Morgan fingerprint density at radius 1 is 1.00 bits per heavy atom. The van der Waals surface area contributed by atoms with Crippen LogP contribution < -0.4 is 11.1 Å². The second-order valence-electron chi connectivity index (χ2n) is 10.8. The van der Waals surface area contributed by atoms with E-state index in [0.29, 0.717) is 12.8 Å². The van der Waals surface area contributed by atoms with Crippen LogP contribution in [0.15, 0.2) is 12.3 Å². The molecule has 0 aromatic rings. The summed E-state index contributed by atoms with van der Waals surface area (Å²) in [5.41, 5.74) is 5.37. The summed E-state index contributed by atoms with van der Waals surface area (Å²) in [6, 6.07) is 0. The fourth-order valence-corrected chi connectivity index (χ4v) is 6.79. The van der Waals surface area contributed by atoms with Gasteiger partial charge in [-0.15, -0.1) is 0 Å². The van der Waals surface area contributed by atoms with Crippen LogP contribution >= 0.6 is 7.82 Å². The van der Waals surface area contributed by atoms with Gasteiger partial charge in [0.2, 0.25) is 0 Å². The van der Waals surface area contributed by atoms with Crippen molar-refractivity contribution in [1.82, 2.24) is 10.2 Å². The van der Waals surface area contributed by atoms with Crippen molar-refractivity contribution < 1.29 is 38.9 Å². The zero-order valence-corrected chi connectivity index (χ0v) is 21.1. The standard InChI is InChI=1S/C23H42N3O8P/c24-20-22-10-8-6-4-2-1-3-5-7-9-11-23(15-22,21(29)25-20)26(13-12-22)19-18(28)17(27)16(34-19)14-33-35(30,31)32/h12-13,16-21,25,27-29H,1-11,14-15,24H2,(H2,30,31,32). The number of hydrogen-bond acceptors (Lipinski definition) is 9. The molecule has 1 aliphatic carbocycles. The van der Waals surface area contributed by atoms with Gasteiger partial charge in [-0.3, -0.25) is 9.84 Å². The molecule has 12 heteroatoms. The molecule has 0 spiro atoms. The summed E-state index contributed by atoms with van der Waals surface area (Å²) in [7, 11) is -4.77. The van der Waals surface area contributed by atoms with Crippen molar-refractivity contribution in [2.24, 2.45) is 11.1 Å². The number of rotatable bonds is 4. The zero-order chi connectivity index (χ0) is 25.3. The maximum absolute atomic E-state index is 11.4. The molecule has 2 bridgehead atoms. The van der Waals surface area contributed by atoms with E-state index in [2.05, 4.69) is 9.84 Å². The number of nitrogens with zero attached hydrogens (tertiary/aromatic N) is 1. The monoisotopic (exact) mass is 519 g/mol. The molecule has 0 amide bonds. The summed E-state index contributed by atoms with van der Waals surface area (Å²) in [6.45, 7) is -0.570. The van der Waals surface area contributed by atoms with Crippen LogP contribution in [0.25, 0.3) is 0 Å². The van der Waals surface area contributed by atoms with Gasteiger partial charge >= 0.3 is 7.82 Å². The highest BCUT2D eigenvalue weighted by molar-refractivity contribution is 7.46. The molecule has 202 valence electrons. The molecule has 2 saturated heterocycles. The summed E-state index contributed by atoms with van der Waals surface area (Å²) in [4.78, 5) is 19.9. The first-order valence-electron chi connectivity index (χ1n) is 13.0. The van der Waals surface area contributed by atoms with Crippen LogP contribution in [0.2, 0.25) is 0 Å². The van der Waals surface area contributed by atoms with E-state index >= 15 is 0 Å². The highest BCUT2D eigenvalue weighted by Gasteiger charge is 2.60. The highest BCUT2D eigenvalue weighted by atomic mass is 31.2. The van der Waals surface area contributed by atoms with Crippen molar-refractivity contribution in [2.45, 2.75) is 120 Å². The van der Waals surface area contributed by atoms with Gasteiger partial charge in [-0.2, -0.15) is 0 Å². The normalized spacial score (nSPS) is 43.7. The van der Waals surface area contributed by atoms with Crippen LogP contribution in [0.4, 0.5) is 0 Å². The van der Waals surface area contributed by atoms with Crippen molar-refractivity contribution in [1.29, 1.82) is 0 Å². The lowest BCUT2D eigenvalue weighted by Gasteiger charge is -2.61. The van der Waals surface area contributed by atoms with Gasteiger partial charge in [-0.05, 0) is 25.5 Å². The van der Waals surface area contributed by atoms with E-state index in [-0.39, 0.29) is 5.41 Å². The second-order valence-corrected chi connectivity index (χ2v) is 12.0. The maximum Gasteiger partial charge on any atom is 0.469 e. The SMILES string of the molecule is NC1NC(O)C23CCCCCCCCCCCC1(C=CN2C1OC(COP(=O)(O)O)C(O)C1O)C3. The van der Waals surface area contributed by atoms with Gasteiger partial charge in [-0.1, -0.05) is 63.9 Å². The van der Waals surface area contributed by atoms with Crippen molar-refractivity contribution in [2.75, 3.05) is 6.61 Å². The van der Waals surface area contributed by atoms with E-state index in [4.69, 9.17) is 20.3 Å². The van der Waals surface area contributed by atoms with Crippen LogP contribution in [0.5, 0.6) is 0 Å². The first kappa shape index (κ1) is 27.4. The number of aliphatic hydroxyl groups excluding tert-OH is 3. The first-order valence-corrected chi connectivity index (χ1v) is 14.5. The Hall–Kier alpha value is -0.590. The Morgan fingerprint density at radius 3 is 2.23 bits per heavy atom. The number of hydrogen-bond donors (Lipinski definition) is 7. The van der Waals surface area contributed by atoms with Gasteiger partial charge in [0.1, 0.15) is 24.5 Å². The molecule has 8 atom stereocenters. The second kappa shape index (κ2) is 11.0. The van der Waals surface area contributed by atoms with E-state index in [9.17, 15) is 19.9 Å². The molecular formula is C23H42N3O8P. The number of phosphoric ester groups is 1. The Kier molecular flexibility index (Phi) is 8.65. The predicted octanol–water partition coefficient (Wildman–Crippen LogP) is 0.998. The summed E-state index contributed by atoms with van der Waals surface area (Å²) in [5, 5.41) is 36.0. The fourth-order valence-electron chi connectivity index (χ4n) is 6.45. The van der Waals surface area contributed by atoms with Crippen LogP contribution in [0.3, 0.4) is 0 Å². The number of aliphatic hydroxyl groups is 3. The van der Waals surface area contributed by atoms with Crippen LogP contribution in [-0.2, 0) is 13.8 Å². The number of piperidine rings is 1. The molecule has 35 heavy (non-hydrogen) atoms. The number of phosphoric acid groups is 1. The van der Waals surface area contributed by atoms with E-state index in [0.717, 1.165) is 38.5 Å². The summed E-state index contributed by atoms with van der Waals surface area (Å²) in [5.74, 6) is 0. The Morgan fingerprint density at radius 2 is 1.60 bits per heavy atom. The molecular weight excluding hydrogens is 477 g/mol. The molecule has 1 saturated carbocycles. The molecule has 0 aromatic carbocycles. The third-order valence-corrected chi connectivity index (χ3v) is 8.94. The van der Waals surface area contributed by atoms with Gasteiger partial charge in [-0.25, -0.2) is 4.57 Å². The smallest absolute Gasteiger partial charge is 0.387 e. The van der Waals surface area contributed by atoms with E-state index in [1.165, 1.54) is 25.7 Å². The van der Waals surface area contributed by atoms with E-state index in [1.54, 1.807) is 4.90 Å². The van der Waals surface area contributed by atoms with Gasteiger partial charge in [0.15, 0.2) is 6.23 Å². The minimum atomic E-state index is -4.77. The lowest BCUT2D eigenvalue weighted by atomic mass is 9.63. The van der Waals surface area contributed by atoms with E-state index in [1.807, 2.05) is 12.3 Å². The summed E-state index contributed by atoms with van der Waals surface area (Å²) in [6.07, 6.45) is 9.80. The number of ether oxygens (including phenoxy) is 1. The van der Waals surface area contributed by atoms with Crippen molar-refractivity contribution >= 4 is 7.82 Å². The van der Waals surface area contributed by atoms with Crippen LogP contribution in [0.1, 0.15) is 77.0 Å². The topological polar surface area (TPSA) is 178 Å². The number of nitrogens with two attached hydrogens (primary N) is 1. The van der Waals surface area contributed by atoms with Crippen LogP contribution in [0, 0.1) is 5.41 Å². The third kappa shape index (κ3) is 5.80. The van der Waals surface area contributed by atoms with Gasteiger partial charge in [0.05, 0.1) is 18.3 Å². The lowest BCUT2D eigenvalue weighted by molar-refractivity contribution is -0.186. The molecule has 4 rings (SSSR count). The molecule has 8 N–H and O–H groups in total. The quantitative estimate of drug-likeness (QED) is 0.264. The largest absolute Gasteiger partial charge is 0.469 e. The fraction of sp³-hybridized carbons (Fsp3) is 0.913. The molecule has 0 aromatic heterocycles. The van der Waals surface area contributed by atoms with Crippen molar-refractivity contribution in [3.8, 4) is 0 Å². The molecule has 8 unspecified atom stereocenters. The van der Waals surface area contributed by atoms with Gasteiger partial charge in [0.25, 0.3) is 0 Å². The molecule has 0 radical (unpaired) electrons. The number of nitrogens with one attached hydrogen (secondary N) is 1. The minimum Gasteiger partial charge on any atom is -0.387 e. The highest BCUT2D eigenvalue weighted by Crippen LogP contribution is 2.52. The van der Waals surface area contributed by atoms with E-state index < -0.39 is 56.9 Å². The maximum atomic E-state index is 11.4. The Bertz CT molecular complexity index is 799. The Balaban J connectivity index is 1.62. The molecule has 11 nitrogen and oxygen atoms in total. The third-order valence-electron chi connectivity index (χ3n) is 8.45. The zero-order valence-electron chi connectivity index (χ0n) is 20.2. The molecule has 3 fully saturated rings. The van der Waals surface area contributed by atoms with Crippen LogP contribution in [-0.4, -0.2) is 79.1 Å². The van der Waals surface area contributed by atoms with Crippen molar-refractivity contribution in [3.63, 3.8) is 0 Å². The average Bonchev–Trinajstić information content (AvgIpc) is 3.08. The molecule has 4 aliphatic rings. The summed E-state index contributed by atoms with van der Waals surface area (Å²) < 4.78 is 21.6. The predicted molar refractivity (Wildman–Crippen MR) is 127 cm³/mol. The average molecular weight is 520 g/mol. The van der Waals surface area contributed by atoms with Gasteiger partial charge in [0, 0.05) is 5.41 Å².